The van der Waals surface area contributed by atoms with Crippen LogP contribution in [0.15, 0.2) is 66.8 Å². The molecule has 0 aromatic heterocycles. The Bertz CT molecular complexity index is 929. The van der Waals surface area contributed by atoms with Crippen LogP contribution in [0.4, 0.5) is 0 Å². The third-order valence-electron chi connectivity index (χ3n) is 4.18. The van der Waals surface area contributed by atoms with Crippen LogP contribution in [0.2, 0.25) is 0 Å². The number of hydrogen-bond donors (Lipinski definition) is 1. The largest absolute Gasteiger partial charge is 0.298 e. The minimum atomic E-state index is -0.483. The molecule has 0 radical (unpaired) electrons. The summed E-state index contributed by atoms with van der Waals surface area (Å²) in [6.07, 6.45) is 3.15. The van der Waals surface area contributed by atoms with Crippen molar-refractivity contribution >= 4 is 35.2 Å². The number of aryl methyl sites for hydroxylation is 1. The van der Waals surface area contributed by atoms with Gasteiger partial charge >= 0.3 is 0 Å². The molecule has 2 amide bonds. The van der Waals surface area contributed by atoms with Crippen molar-refractivity contribution in [1.82, 2.24) is 10.2 Å². The Kier molecular flexibility index (Phi) is 5.09. The normalized spacial score (nSPS) is 16.0. The van der Waals surface area contributed by atoms with Crippen molar-refractivity contribution in [1.29, 1.82) is 0 Å². The first-order valence-electron chi connectivity index (χ1n) is 8.17. The fourth-order valence-corrected chi connectivity index (χ4v) is 3.06. The summed E-state index contributed by atoms with van der Waals surface area (Å²) in [5, 5.41) is 2.64. The van der Waals surface area contributed by atoms with Crippen LogP contribution in [-0.2, 0) is 9.59 Å². The monoisotopic (exact) mass is 362 g/mol. The molecule has 26 heavy (non-hydrogen) atoms. The lowest BCUT2D eigenvalue weighted by atomic mass is 9.99. The molecule has 2 aromatic rings. The summed E-state index contributed by atoms with van der Waals surface area (Å²) in [5.41, 5.74) is 4.25. The molecule has 0 unspecified atom stereocenters. The van der Waals surface area contributed by atoms with E-state index in [9.17, 15) is 9.59 Å². The Balaban J connectivity index is 1.90. The molecule has 1 aliphatic heterocycles. The molecule has 3 rings (SSSR count). The molecule has 0 aliphatic carbocycles. The van der Waals surface area contributed by atoms with Crippen LogP contribution in [-0.4, -0.2) is 28.4 Å². The van der Waals surface area contributed by atoms with Gasteiger partial charge < -0.3 is 0 Å². The molecule has 4 nitrogen and oxygen atoms in total. The maximum absolute atomic E-state index is 12.5. The topological polar surface area (TPSA) is 49.4 Å². The predicted molar refractivity (Wildman–Crippen MR) is 107 cm³/mol. The number of amides is 2. The van der Waals surface area contributed by atoms with Crippen molar-refractivity contribution in [2.24, 2.45) is 0 Å². The quantitative estimate of drug-likeness (QED) is 0.392. The van der Waals surface area contributed by atoms with E-state index in [4.69, 9.17) is 12.2 Å². The molecule has 1 aliphatic rings. The van der Waals surface area contributed by atoms with Gasteiger partial charge in [0, 0.05) is 6.54 Å². The zero-order valence-electron chi connectivity index (χ0n) is 14.4. The second kappa shape index (κ2) is 7.45. The van der Waals surface area contributed by atoms with Crippen LogP contribution in [0.25, 0.3) is 17.2 Å². The average molecular weight is 362 g/mol. The van der Waals surface area contributed by atoms with Gasteiger partial charge in [-0.05, 0) is 47.5 Å². The van der Waals surface area contributed by atoms with Crippen molar-refractivity contribution in [2.75, 3.05) is 6.54 Å². The third kappa shape index (κ3) is 3.48. The van der Waals surface area contributed by atoms with Crippen LogP contribution >= 0.6 is 12.2 Å². The second-order valence-corrected chi connectivity index (χ2v) is 6.35. The standard InChI is InChI=1S/C21H18N2O2S/c1-3-12-23-20(25)18(19(24)22-21(23)26)13-15-8-10-16(11-9-15)17-7-5-4-6-14(17)2/h3-11,13H,1,12H2,2H3,(H,22,24,26). The minimum Gasteiger partial charge on any atom is -0.298 e. The van der Waals surface area contributed by atoms with E-state index in [0.717, 1.165) is 16.7 Å². The van der Waals surface area contributed by atoms with E-state index in [2.05, 4.69) is 31.0 Å². The number of carbonyl (C=O) groups is 2. The van der Waals surface area contributed by atoms with E-state index in [0.29, 0.717) is 0 Å². The van der Waals surface area contributed by atoms with Crippen molar-refractivity contribution in [3.05, 3.63) is 77.9 Å². The summed E-state index contributed by atoms with van der Waals surface area (Å²) < 4.78 is 0. The molecule has 2 aromatic carbocycles. The van der Waals surface area contributed by atoms with E-state index in [1.165, 1.54) is 10.5 Å². The molecule has 130 valence electrons. The van der Waals surface area contributed by atoms with Gasteiger partial charge in [-0.25, -0.2) is 0 Å². The molecule has 0 spiro atoms. The number of thiocarbonyl (C=S) groups is 1. The first-order valence-corrected chi connectivity index (χ1v) is 8.58. The summed E-state index contributed by atoms with van der Waals surface area (Å²) in [6.45, 7) is 5.93. The summed E-state index contributed by atoms with van der Waals surface area (Å²) >= 11 is 5.05. The highest BCUT2D eigenvalue weighted by atomic mass is 32.1. The Morgan fingerprint density at radius 1 is 1.12 bits per heavy atom. The van der Waals surface area contributed by atoms with Gasteiger partial charge in [0.05, 0.1) is 0 Å². The van der Waals surface area contributed by atoms with Gasteiger partial charge in [-0.1, -0.05) is 54.6 Å². The number of hydrogen-bond acceptors (Lipinski definition) is 3. The zero-order valence-corrected chi connectivity index (χ0v) is 15.2. The molecule has 0 bridgehead atoms. The minimum absolute atomic E-state index is 0.0593. The Morgan fingerprint density at radius 2 is 1.81 bits per heavy atom. The predicted octanol–water partition coefficient (Wildman–Crippen LogP) is 3.47. The van der Waals surface area contributed by atoms with Crippen LogP contribution in [0.3, 0.4) is 0 Å². The highest BCUT2D eigenvalue weighted by Crippen LogP contribution is 2.24. The molecule has 0 atom stereocenters. The van der Waals surface area contributed by atoms with Gasteiger partial charge in [-0.2, -0.15) is 0 Å². The smallest absolute Gasteiger partial charge is 0.265 e. The summed E-state index contributed by atoms with van der Waals surface area (Å²) in [7, 11) is 0. The molecule has 1 N–H and O–H groups in total. The van der Waals surface area contributed by atoms with Crippen molar-refractivity contribution < 1.29 is 9.59 Å². The zero-order chi connectivity index (χ0) is 18.7. The number of rotatable bonds is 4. The van der Waals surface area contributed by atoms with E-state index < -0.39 is 11.8 Å². The molecule has 0 saturated carbocycles. The Labute approximate surface area is 157 Å². The van der Waals surface area contributed by atoms with Crippen LogP contribution in [0, 0.1) is 6.92 Å². The van der Waals surface area contributed by atoms with Gasteiger partial charge in [-0.15, -0.1) is 6.58 Å². The summed E-state index contributed by atoms with van der Waals surface area (Å²) in [5.74, 6) is -0.898. The molecule has 1 fully saturated rings. The average Bonchev–Trinajstić information content (AvgIpc) is 2.63. The third-order valence-corrected chi connectivity index (χ3v) is 4.50. The number of nitrogens with zero attached hydrogens (tertiary/aromatic N) is 1. The van der Waals surface area contributed by atoms with E-state index in [-0.39, 0.29) is 17.2 Å². The van der Waals surface area contributed by atoms with Crippen LogP contribution in [0.5, 0.6) is 0 Å². The molecule has 1 heterocycles. The van der Waals surface area contributed by atoms with Crippen LogP contribution in [0.1, 0.15) is 11.1 Å². The van der Waals surface area contributed by atoms with Crippen molar-refractivity contribution in [3.63, 3.8) is 0 Å². The highest BCUT2D eigenvalue weighted by Gasteiger charge is 2.32. The molecular weight excluding hydrogens is 344 g/mol. The Hall–Kier alpha value is -3.05. The van der Waals surface area contributed by atoms with Gasteiger partial charge in [0.2, 0.25) is 0 Å². The second-order valence-electron chi connectivity index (χ2n) is 5.96. The lowest BCUT2D eigenvalue weighted by Crippen LogP contribution is -2.53. The number of carbonyl (C=O) groups excluding carboxylic acids is 2. The fraction of sp³-hybridized carbons (Fsp3) is 0.0952. The maximum atomic E-state index is 12.5. The lowest BCUT2D eigenvalue weighted by molar-refractivity contribution is -0.128. The van der Waals surface area contributed by atoms with E-state index in [1.54, 1.807) is 12.2 Å². The first-order chi connectivity index (χ1) is 12.5. The molecular formula is C21H18N2O2S. The fourth-order valence-electron chi connectivity index (χ4n) is 2.81. The van der Waals surface area contributed by atoms with E-state index in [1.807, 2.05) is 36.4 Å². The molecule has 1 saturated heterocycles. The summed E-state index contributed by atoms with van der Waals surface area (Å²) in [4.78, 5) is 26.0. The molecule has 5 heteroatoms. The van der Waals surface area contributed by atoms with Crippen molar-refractivity contribution in [3.8, 4) is 11.1 Å². The maximum Gasteiger partial charge on any atom is 0.265 e. The Morgan fingerprint density at radius 3 is 2.46 bits per heavy atom. The van der Waals surface area contributed by atoms with E-state index >= 15 is 0 Å². The van der Waals surface area contributed by atoms with Gasteiger partial charge in [0.25, 0.3) is 11.8 Å². The number of benzene rings is 2. The SMILES string of the molecule is C=CCN1C(=O)C(=Cc2ccc(-c3ccccc3C)cc2)C(=O)NC1=S. The van der Waals surface area contributed by atoms with Crippen molar-refractivity contribution in [2.45, 2.75) is 6.92 Å². The van der Waals surface area contributed by atoms with Gasteiger partial charge in [0.15, 0.2) is 5.11 Å². The lowest BCUT2D eigenvalue weighted by Gasteiger charge is -2.27. The first kappa shape index (κ1) is 17.8. The summed E-state index contributed by atoms with van der Waals surface area (Å²) in [6, 6.07) is 15.9. The van der Waals surface area contributed by atoms with Gasteiger partial charge in [0.1, 0.15) is 5.57 Å². The number of nitrogens with one attached hydrogen (secondary N) is 1. The van der Waals surface area contributed by atoms with Crippen LogP contribution < -0.4 is 5.32 Å². The highest BCUT2D eigenvalue weighted by molar-refractivity contribution is 7.80. The van der Waals surface area contributed by atoms with Gasteiger partial charge in [-0.3, -0.25) is 19.8 Å².